The van der Waals surface area contributed by atoms with Gasteiger partial charge < -0.3 is 20.6 Å². The Morgan fingerprint density at radius 1 is 1.12 bits per heavy atom. The molecule has 164 valence electrons. The quantitative estimate of drug-likeness (QED) is 0.432. The van der Waals surface area contributed by atoms with Gasteiger partial charge in [-0.3, -0.25) is 14.3 Å². The lowest BCUT2D eigenvalue weighted by Crippen LogP contribution is -2.57. The Morgan fingerprint density at radius 3 is 2.31 bits per heavy atom. The van der Waals surface area contributed by atoms with Crippen LogP contribution in [0.3, 0.4) is 0 Å². The molecule has 0 fully saturated rings. The summed E-state index contributed by atoms with van der Waals surface area (Å²) < 4.78 is 7.51. The number of hydrogen-bond acceptors (Lipinski definition) is 5. The van der Waals surface area contributed by atoms with Crippen molar-refractivity contribution in [2.75, 3.05) is 6.61 Å². The minimum absolute atomic E-state index is 0.301. The van der Waals surface area contributed by atoms with Gasteiger partial charge in [-0.05, 0) is 42.7 Å². The Kier molecular flexibility index (Phi) is 5.31. The summed E-state index contributed by atoms with van der Waals surface area (Å²) >= 11 is 0. The standard InChI is InChI=1S/C24H24N4O4/c1-14-21(22(30)27-24(2,13-29)23(25)31)19-10-17(8-9-20(19)32-14)15-4-6-16(7-5-15)18-11-26-28(3)12-18/h4-12,29H,13H2,1-3H3,(H2,25,31)(H,27,30)/t24-/m0/s1. The van der Waals surface area contributed by atoms with Gasteiger partial charge in [0.15, 0.2) is 0 Å². The minimum Gasteiger partial charge on any atom is -0.461 e. The highest BCUT2D eigenvalue weighted by atomic mass is 16.3. The second-order valence-corrected chi connectivity index (χ2v) is 8.03. The highest BCUT2D eigenvalue weighted by molar-refractivity contribution is 6.09. The lowest BCUT2D eigenvalue weighted by Gasteiger charge is -2.24. The molecule has 8 nitrogen and oxygen atoms in total. The first kappa shape index (κ1) is 21.3. The van der Waals surface area contributed by atoms with Crippen LogP contribution in [0, 0.1) is 6.92 Å². The molecule has 0 aliphatic carbocycles. The van der Waals surface area contributed by atoms with Crippen molar-refractivity contribution in [1.82, 2.24) is 15.1 Å². The van der Waals surface area contributed by atoms with Gasteiger partial charge in [0.2, 0.25) is 5.91 Å². The predicted molar refractivity (Wildman–Crippen MR) is 121 cm³/mol. The molecule has 0 saturated heterocycles. The van der Waals surface area contributed by atoms with E-state index >= 15 is 0 Å². The lowest BCUT2D eigenvalue weighted by atomic mass is 9.98. The number of primary amides is 1. The van der Waals surface area contributed by atoms with E-state index in [-0.39, 0.29) is 0 Å². The number of benzene rings is 2. The summed E-state index contributed by atoms with van der Waals surface area (Å²) in [5.74, 6) is -0.958. The Labute approximate surface area is 184 Å². The Hall–Kier alpha value is -3.91. The van der Waals surface area contributed by atoms with E-state index in [1.807, 2.05) is 61.9 Å². The lowest BCUT2D eigenvalue weighted by molar-refractivity contribution is -0.124. The molecule has 0 unspecified atom stereocenters. The van der Waals surface area contributed by atoms with Crippen LogP contribution in [0.25, 0.3) is 33.2 Å². The van der Waals surface area contributed by atoms with Gasteiger partial charge in [-0.15, -0.1) is 0 Å². The van der Waals surface area contributed by atoms with Gasteiger partial charge in [0.25, 0.3) is 5.91 Å². The average molecular weight is 432 g/mol. The molecule has 1 atom stereocenters. The molecule has 0 aliphatic heterocycles. The van der Waals surface area contributed by atoms with E-state index in [0.717, 1.165) is 22.3 Å². The molecule has 32 heavy (non-hydrogen) atoms. The van der Waals surface area contributed by atoms with Gasteiger partial charge in [0.1, 0.15) is 16.9 Å². The third-order valence-corrected chi connectivity index (χ3v) is 5.60. The predicted octanol–water partition coefficient (Wildman–Crippen LogP) is 2.77. The number of hydrogen-bond donors (Lipinski definition) is 3. The number of aryl methyl sites for hydroxylation is 2. The molecule has 8 heteroatoms. The fourth-order valence-corrected chi connectivity index (χ4v) is 3.60. The number of amides is 2. The summed E-state index contributed by atoms with van der Waals surface area (Å²) in [4.78, 5) is 24.7. The maximum atomic E-state index is 13.0. The van der Waals surface area contributed by atoms with E-state index in [4.69, 9.17) is 10.2 Å². The summed E-state index contributed by atoms with van der Waals surface area (Å²) in [6.07, 6.45) is 3.76. The fraction of sp³-hybridized carbons (Fsp3) is 0.208. The number of aliphatic hydroxyl groups is 1. The molecule has 2 amide bonds. The van der Waals surface area contributed by atoms with Crippen molar-refractivity contribution in [1.29, 1.82) is 0 Å². The number of aromatic nitrogens is 2. The third-order valence-electron chi connectivity index (χ3n) is 5.60. The third kappa shape index (κ3) is 3.76. The zero-order valence-corrected chi connectivity index (χ0v) is 18.0. The van der Waals surface area contributed by atoms with Gasteiger partial charge >= 0.3 is 0 Å². The summed E-state index contributed by atoms with van der Waals surface area (Å²) in [5.41, 5.74) is 8.58. The fourth-order valence-electron chi connectivity index (χ4n) is 3.60. The highest BCUT2D eigenvalue weighted by Crippen LogP contribution is 2.31. The summed E-state index contributed by atoms with van der Waals surface area (Å²) in [5, 5.41) is 16.9. The Morgan fingerprint density at radius 2 is 1.75 bits per heavy atom. The molecule has 0 spiro atoms. The van der Waals surface area contributed by atoms with Crippen molar-refractivity contribution in [2.45, 2.75) is 19.4 Å². The smallest absolute Gasteiger partial charge is 0.256 e. The molecular weight excluding hydrogens is 408 g/mol. The first-order valence-corrected chi connectivity index (χ1v) is 10.1. The SMILES string of the molecule is Cc1oc2ccc(-c3ccc(-c4cnn(C)c4)cc3)cc2c1C(=O)N[C@@](C)(CO)C(N)=O. The van der Waals surface area contributed by atoms with E-state index in [1.165, 1.54) is 6.92 Å². The zero-order chi connectivity index (χ0) is 23.0. The van der Waals surface area contributed by atoms with Gasteiger partial charge in [-0.2, -0.15) is 5.10 Å². The summed E-state index contributed by atoms with van der Waals surface area (Å²) in [7, 11) is 1.88. The first-order valence-electron chi connectivity index (χ1n) is 10.1. The second kappa shape index (κ2) is 7.97. The largest absolute Gasteiger partial charge is 0.461 e. The molecule has 4 N–H and O–H groups in total. The Balaban J connectivity index is 1.70. The van der Waals surface area contributed by atoms with Crippen LogP contribution in [0.2, 0.25) is 0 Å². The molecule has 2 aromatic heterocycles. The molecule has 2 heterocycles. The summed E-state index contributed by atoms with van der Waals surface area (Å²) in [6.45, 7) is 2.44. The number of aliphatic hydroxyl groups excluding tert-OH is 1. The molecule has 0 saturated carbocycles. The van der Waals surface area contributed by atoms with Gasteiger partial charge in [0.05, 0.1) is 18.4 Å². The molecule has 0 radical (unpaired) electrons. The van der Waals surface area contributed by atoms with Crippen LogP contribution >= 0.6 is 0 Å². The monoisotopic (exact) mass is 432 g/mol. The van der Waals surface area contributed by atoms with Crippen LogP contribution < -0.4 is 11.1 Å². The van der Waals surface area contributed by atoms with Crippen LogP contribution in [0.1, 0.15) is 23.0 Å². The number of carbonyl (C=O) groups excluding carboxylic acids is 2. The molecular formula is C24H24N4O4. The molecule has 4 aromatic rings. The minimum atomic E-state index is -1.58. The van der Waals surface area contributed by atoms with E-state index in [0.29, 0.717) is 22.3 Å². The van der Waals surface area contributed by atoms with Gasteiger partial charge in [-0.1, -0.05) is 30.3 Å². The number of nitrogens with two attached hydrogens (primary N) is 1. The molecule has 0 bridgehead atoms. The highest BCUT2D eigenvalue weighted by Gasteiger charge is 2.34. The van der Waals surface area contributed by atoms with Crippen molar-refractivity contribution in [3.63, 3.8) is 0 Å². The molecule has 4 rings (SSSR count). The van der Waals surface area contributed by atoms with Crippen molar-refractivity contribution in [2.24, 2.45) is 12.8 Å². The van der Waals surface area contributed by atoms with Crippen LogP contribution in [-0.2, 0) is 11.8 Å². The number of fused-ring (bicyclic) bond motifs is 1. The van der Waals surface area contributed by atoms with E-state index in [1.54, 1.807) is 11.6 Å². The van der Waals surface area contributed by atoms with E-state index < -0.39 is 24.0 Å². The van der Waals surface area contributed by atoms with Gasteiger partial charge in [-0.25, -0.2) is 0 Å². The zero-order valence-electron chi connectivity index (χ0n) is 18.0. The maximum absolute atomic E-state index is 13.0. The van der Waals surface area contributed by atoms with Crippen molar-refractivity contribution >= 4 is 22.8 Å². The van der Waals surface area contributed by atoms with Crippen LogP contribution in [0.15, 0.2) is 59.3 Å². The normalized spacial score (nSPS) is 13.1. The Bertz CT molecular complexity index is 1320. The summed E-state index contributed by atoms with van der Waals surface area (Å²) in [6, 6.07) is 13.7. The van der Waals surface area contributed by atoms with Crippen molar-refractivity contribution in [3.8, 4) is 22.3 Å². The average Bonchev–Trinajstić information content (AvgIpc) is 3.35. The van der Waals surface area contributed by atoms with Crippen molar-refractivity contribution < 1.29 is 19.1 Å². The molecule has 2 aromatic carbocycles. The van der Waals surface area contributed by atoms with Gasteiger partial charge in [0, 0.05) is 24.2 Å². The van der Waals surface area contributed by atoms with E-state index in [2.05, 4.69) is 10.4 Å². The number of nitrogens with zero attached hydrogens (tertiary/aromatic N) is 2. The second-order valence-electron chi connectivity index (χ2n) is 8.03. The van der Waals surface area contributed by atoms with Crippen LogP contribution in [0.4, 0.5) is 0 Å². The van der Waals surface area contributed by atoms with Crippen LogP contribution in [-0.4, -0.2) is 38.8 Å². The number of rotatable bonds is 6. The number of nitrogens with one attached hydrogen (secondary N) is 1. The first-order chi connectivity index (χ1) is 15.2. The maximum Gasteiger partial charge on any atom is 0.256 e. The molecule has 0 aliphatic rings. The van der Waals surface area contributed by atoms with Crippen molar-refractivity contribution in [3.05, 3.63) is 66.2 Å². The topological polar surface area (TPSA) is 123 Å². The van der Waals surface area contributed by atoms with E-state index in [9.17, 15) is 14.7 Å². The number of furan rings is 1. The van der Waals surface area contributed by atoms with Crippen LogP contribution in [0.5, 0.6) is 0 Å². The number of carbonyl (C=O) groups is 2.